The van der Waals surface area contributed by atoms with Gasteiger partial charge in [-0.05, 0) is 49.1 Å². The van der Waals surface area contributed by atoms with E-state index >= 15 is 0 Å². The number of halogens is 1. The Labute approximate surface area is 98.6 Å². The van der Waals surface area contributed by atoms with Crippen LogP contribution in [0.4, 0.5) is 5.69 Å². The van der Waals surface area contributed by atoms with Crippen LogP contribution in [0.15, 0.2) is 22.7 Å². The summed E-state index contributed by atoms with van der Waals surface area (Å²) < 4.78 is 1.19. The second kappa shape index (κ2) is 3.49. The van der Waals surface area contributed by atoms with Crippen molar-refractivity contribution < 1.29 is 0 Å². The summed E-state index contributed by atoms with van der Waals surface area (Å²) in [5.74, 6) is 0.701. The van der Waals surface area contributed by atoms with Crippen molar-refractivity contribution in [2.45, 2.75) is 18.9 Å². The summed E-state index contributed by atoms with van der Waals surface area (Å²) in [5.41, 5.74) is 8.67. The third-order valence-corrected chi connectivity index (χ3v) is 4.13. The predicted octanol–water partition coefficient (Wildman–Crippen LogP) is 2.16. The van der Waals surface area contributed by atoms with Gasteiger partial charge in [-0.15, -0.1) is 0 Å². The molecule has 2 atom stereocenters. The summed E-state index contributed by atoms with van der Waals surface area (Å²) in [6.45, 7) is 1.98. The van der Waals surface area contributed by atoms with Gasteiger partial charge in [0.15, 0.2) is 0 Å². The third-order valence-electron chi connectivity index (χ3n) is 3.64. The van der Waals surface area contributed by atoms with Crippen LogP contribution < -0.4 is 10.6 Å². The van der Waals surface area contributed by atoms with Crippen molar-refractivity contribution in [2.24, 2.45) is 11.7 Å². The minimum Gasteiger partial charge on any atom is -0.368 e. The quantitative estimate of drug-likeness (QED) is 0.844. The van der Waals surface area contributed by atoms with Gasteiger partial charge in [-0.2, -0.15) is 0 Å². The van der Waals surface area contributed by atoms with Crippen LogP contribution in [0.2, 0.25) is 0 Å². The molecule has 0 aliphatic carbocycles. The zero-order valence-electron chi connectivity index (χ0n) is 8.62. The molecule has 80 valence electrons. The van der Waals surface area contributed by atoms with Gasteiger partial charge in [0, 0.05) is 22.7 Å². The number of benzene rings is 1. The molecular weight excluding hydrogens is 252 g/mol. The minimum absolute atomic E-state index is 0.701. The second-order valence-electron chi connectivity index (χ2n) is 4.62. The van der Waals surface area contributed by atoms with E-state index in [0.717, 1.165) is 13.1 Å². The van der Waals surface area contributed by atoms with Gasteiger partial charge >= 0.3 is 0 Å². The Kier molecular flexibility index (Phi) is 2.25. The first kappa shape index (κ1) is 9.67. The first-order valence-electron chi connectivity index (χ1n) is 5.53. The van der Waals surface area contributed by atoms with E-state index in [-0.39, 0.29) is 0 Å². The zero-order valence-corrected chi connectivity index (χ0v) is 10.2. The number of rotatable bonds is 1. The number of hydrogen-bond donors (Lipinski definition) is 1. The van der Waals surface area contributed by atoms with E-state index < -0.39 is 0 Å². The Hall–Kier alpha value is -0.540. The third kappa shape index (κ3) is 1.49. The molecule has 0 amide bonds. The fourth-order valence-electron chi connectivity index (χ4n) is 2.92. The molecule has 0 radical (unpaired) electrons. The maximum Gasteiger partial charge on any atom is 0.0403 e. The molecule has 2 nitrogen and oxygen atoms in total. The number of nitrogens with zero attached hydrogens (tertiary/aromatic N) is 1. The maximum absolute atomic E-state index is 5.75. The average Bonchev–Trinajstić information content (AvgIpc) is 2.73. The van der Waals surface area contributed by atoms with Crippen LogP contribution in [0, 0.1) is 5.92 Å². The Morgan fingerprint density at radius 1 is 1.47 bits per heavy atom. The maximum atomic E-state index is 5.75. The van der Waals surface area contributed by atoms with Gasteiger partial charge in [0.25, 0.3) is 0 Å². The van der Waals surface area contributed by atoms with E-state index in [1.807, 2.05) is 0 Å². The lowest BCUT2D eigenvalue weighted by atomic mass is 10.0. The fourth-order valence-corrected chi connectivity index (χ4v) is 3.33. The van der Waals surface area contributed by atoms with Gasteiger partial charge in [-0.1, -0.05) is 15.9 Å². The first-order valence-corrected chi connectivity index (χ1v) is 6.32. The molecule has 3 rings (SSSR count). The van der Waals surface area contributed by atoms with E-state index in [1.165, 1.54) is 28.6 Å². The van der Waals surface area contributed by atoms with E-state index in [4.69, 9.17) is 5.73 Å². The number of nitrogens with two attached hydrogens (primary N) is 1. The van der Waals surface area contributed by atoms with Gasteiger partial charge in [0.2, 0.25) is 0 Å². The lowest BCUT2D eigenvalue weighted by Gasteiger charge is -2.18. The Bertz CT molecular complexity index is 391. The summed E-state index contributed by atoms with van der Waals surface area (Å²) in [7, 11) is 0. The van der Waals surface area contributed by atoms with Crippen LogP contribution in [-0.4, -0.2) is 19.1 Å². The van der Waals surface area contributed by atoms with Crippen LogP contribution in [0.3, 0.4) is 0 Å². The molecule has 3 heteroatoms. The summed E-state index contributed by atoms with van der Waals surface area (Å²) in [5, 5.41) is 0. The molecule has 2 unspecified atom stereocenters. The standard InChI is InChI=1S/C12H15BrN2/c13-10-1-2-12-9(4-10)5-11-3-8(6-14)7-15(11)12/h1-2,4,8,11H,3,5-7,14H2. The van der Waals surface area contributed by atoms with E-state index in [2.05, 4.69) is 39.0 Å². The molecule has 1 aromatic rings. The predicted molar refractivity (Wildman–Crippen MR) is 66.1 cm³/mol. The lowest BCUT2D eigenvalue weighted by Crippen LogP contribution is -2.25. The monoisotopic (exact) mass is 266 g/mol. The molecule has 2 aliphatic rings. The molecule has 0 saturated carbocycles. The number of fused-ring (bicyclic) bond motifs is 3. The van der Waals surface area contributed by atoms with Gasteiger partial charge in [-0.3, -0.25) is 0 Å². The second-order valence-corrected chi connectivity index (χ2v) is 5.54. The zero-order chi connectivity index (χ0) is 10.4. The Morgan fingerprint density at radius 2 is 2.33 bits per heavy atom. The molecule has 2 N–H and O–H groups in total. The molecular formula is C12H15BrN2. The largest absolute Gasteiger partial charge is 0.368 e. The smallest absolute Gasteiger partial charge is 0.0403 e. The highest BCUT2D eigenvalue weighted by Crippen LogP contribution is 2.40. The van der Waals surface area contributed by atoms with Crippen molar-refractivity contribution in [2.75, 3.05) is 18.0 Å². The molecule has 2 heterocycles. The fraction of sp³-hybridized carbons (Fsp3) is 0.500. The summed E-state index contributed by atoms with van der Waals surface area (Å²) in [4.78, 5) is 2.54. The molecule has 2 aliphatic heterocycles. The number of anilines is 1. The average molecular weight is 267 g/mol. The van der Waals surface area contributed by atoms with Crippen molar-refractivity contribution in [3.05, 3.63) is 28.2 Å². The lowest BCUT2D eigenvalue weighted by molar-refractivity contribution is 0.566. The van der Waals surface area contributed by atoms with Gasteiger partial charge < -0.3 is 10.6 Å². The normalized spacial score (nSPS) is 28.0. The molecule has 0 aromatic heterocycles. The topological polar surface area (TPSA) is 29.3 Å². The van der Waals surface area contributed by atoms with Crippen molar-refractivity contribution >= 4 is 21.6 Å². The van der Waals surface area contributed by atoms with E-state index in [1.54, 1.807) is 0 Å². The van der Waals surface area contributed by atoms with Crippen LogP contribution >= 0.6 is 15.9 Å². The van der Waals surface area contributed by atoms with Gasteiger partial charge in [-0.25, -0.2) is 0 Å². The first-order chi connectivity index (χ1) is 7.28. The highest BCUT2D eigenvalue weighted by Gasteiger charge is 2.37. The molecule has 0 bridgehead atoms. The molecule has 0 spiro atoms. The van der Waals surface area contributed by atoms with E-state index in [9.17, 15) is 0 Å². The Balaban J connectivity index is 1.93. The molecule has 1 aromatic carbocycles. The molecule has 1 fully saturated rings. The highest BCUT2D eigenvalue weighted by molar-refractivity contribution is 9.10. The summed E-state index contributed by atoms with van der Waals surface area (Å²) in [6.07, 6.45) is 2.47. The highest BCUT2D eigenvalue weighted by atomic mass is 79.9. The van der Waals surface area contributed by atoms with Gasteiger partial charge in [0.05, 0.1) is 0 Å². The van der Waals surface area contributed by atoms with Crippen LogP contribution in [0.25, 0.3) is 0 Å². The minimum atomic E-state index is 0.701. The summed E-state index contributed by atoms with van der Waals surface area (Å²) >= 11 is 3.53. The van der Waals surface area contributed by atoms with Crippen molar-refractivity contribution in [3.8, 4) is 0 Å². The molecule has 1 saturated heterocycles. The van der Waals surface area contributed by atoms with Crippen molar-refractivity contribution in [1.29, 1.82) is 0 Å². The van der Waals surface area contributed by atoms with Gasteiger partial charge in [0.1, 0.15) is 0 Å². The van der Waals surface area contributed by atoms with Crippen molar-refractivity contribution in [1.82, 2.24) is 0 Å². The van der Waals surface area contributed by atoms with Crippen LogP contribution in [0.1, 0.15) is 12.0 Å². The van der Waals surface area contributed by atoms with Crippen LogP contribution in [-0.2, 0) is 6.42 Å². The summed E-state index contributed by atoms with van der Waals surface area (Å²) in [6, 6.07) is 7.34. The SMILES string of the molecule is NCC1CC2Cc3cc(Br)ccc3N2C1. The van der Waals surface area contributed by atoms with Crippen LogP contribution in [0.5, 0.6) is 0 Å². The van der Waals surface area contributed by atoms with Crippen molar-refractivity contribution in [3.63, 3.8) is 0 Å². The molecule has 15 heavy (non-hydrogen) atoms. The Morgan fingerprint density at radius 3 is 3.13 bits per heavy atom. The van der Waals surface area contributed by atoms with E-state index in [0.29, 0.717) is 12.0 Å². The number of hydrogen-bond acceptors (Lipinski definition) is 2.